The molecule has 1 aromatic carbocycles. The molecule has 0 aromatic heterocycles. The van der Waals surface area contributed by atoms with Crippen molar-refractivity contribution in [1.82, 2.24) is 10.0 Å². The fourth-order valence-electron chi connectivity index (χ4n) is 1.65. The summed E-state index contributed by atoms with van der Waals surface area (Å²) >= 11 is 0. The minimum Gasteiger partial charge on any atom is -0.484 e. The van der Waals surface area contributed by atoms with E-state index in [9.17, 15) is 18.0 Å². The number of hydrogen-bond acceptors (Lipinski definition) is 5. The molecule has 0 radical (unpaired) electrons. The van der Waals surface area contributed by atoms with Crippen LogP contribution < -0.4 is 20.5 Å². The van der Waals surface area contributed by atoms with Crippen molar-refractivity contribution in [1.29, 1.82) is 0 Å². The molecule has 0 atom stereocenters. The topological polar surface area (TPSA) is 128 Å². The lowest BCUT2D eigenvalue weighted by Crippen LogP contribution is -2.34. The van der Waals surface area contributed by atoms with Crippen molar-refractivity contribution in [2.24, 2.45) is 5.73 Å². The van der Waals surface area contributed by atoms with Gasteiger partial charge in [-0.2, -0.15) is 0 Å². The molecular weight excluding hydrogens is 322 g/mol. The molecule has 8 nitrogen and oxygen atoms in total. The molecule has 9 heteroatoms. The van der Waals surface area contributed by atoms with Crippen LogP contribution in [0.4, 0.5) is 0 Å². The van der Waals surface area contributed by atoms with Gasteiger partial charge in [0.25, 0.3) is 5.91 Å². The number of carbonyl (C=O) groups is 2. The summed E-state index contributed by atoms with van der Waals surface area (Å²) in [6.45, 7) is 3.37. The molecule has 4 N–H and O–H groups in total. The molecule has 0 aliphatic carbocycles. The van der Waals surface area contributed by atoms with Gasteiger partial charge in [0.15, 0.2) is 6.61 Å². The Bertz CT molecular complexity index is 641. The summed E-state index contributed by atoms with van der Waals surface area (Å²) in [7, 11) is -3.71. The van der Waals surface area contributed by atoms with Gasteiger partial charge in [-0.25, -0.2) is 13.1 Å². The van der Waals surface area contributed by atoms with Crippen molar-refractivity contribution in [3.8, 4) is 5.75 Å². The van der Waals surface area contributed by atoms with Gasteiger partial charge in [0.2, 0.25) is 15.9 Å². The van der Waals surface area contributed by atoms with Crippen LogP contribution in [0.25, 0.3) is 0 Å². The minimum absolute atomic E-state index is 0.000807. The number of sulfonamides is 1. The lowest BCUT2D eigenvalue weighted by Gasteiger charge is -2.10. The Morgan fingerprint density at radius 3 is 2.35 bits per heavy atom. The summed E-state index contributed by atoms with van der Waals surface area (Å²) < 4.78 is 31.5. The van der Waals surface area contributed by atoms with Crippen LogP contribution in [0.3, 0.4) is 0 Å². The van der Waals surface area contributed by atoms with Crippen LogP contribution >= 0.6 is 0 Å². The number of ether oxygens (including phenoxy) is 1. The Hall–Kier alpha value is -2.13. The van der Waals surface area contributed by atoms with Crippen molar-refractivity contribution in [3.05, 3.63) is 24.3 Å². The number of primary amides is 1. The predicted molar refractivity (Wildman–Crippen MR) is 84.2 cm³/mol. The first kappa shape index (κ1) is 18.9. The maximum Gasteiger partial charge on any atom is 0.255 e. The molecule has 128 valence electrons. The zero-order valence-corrected chi connectivity index (χ0v) is 13.9. The van der Waals surface area contributed by atoms with Gasteiger partial charge in [0.05, 0.1) is 4.90 Å². The molecule has 0 spiro atoms. The predicted octanol–water partition coefficient (Wildman–Crippen LogP) is -0.256. The Balaban J connectivity index is 2.56. The first-order valence-corrected chi connectivity index (χ1v) is 8.49. The lowest BCUT2D eigenvalue weighted by atomic mass is 10.3. The van der Waals surface area contributed by atoms with Crippen LogP contribution in [0.15, 0.2) is 29.2 Å². The number of benzene rings is 1. The van der Waals surface area contributed by atoms with E-state index in [1.807, 2.05) is 13.8 Å². The van der Waals surface area contributed by atoms with Gasteiger partial charge in [0, 0.05) is 19.0 Å². The molecule has 0 aliphatic heterocycles. The van der Waals surface area contributed by atoms with Crippen LogP contribution in [-0.2, 0) is 19.6 Å². The van der Waals surface area contributed by atoms with Gasteiger partial charge in [-0.3, -0.25) is 9.59 Å². The highest BCUT2D eigenvalue weighted by Crippen LogP contribution is 2.15. The molecule has 23 heavy (non-hydrogen) atoms. The van der Waals surface area contributed by atoms with Gasteiger partial charge >= 0.3 is 0 Å². The molecule has 2 amide bonds. The highest BCUT2D eigenvalue weighted by Gasteiger charge is 2.14. The summed E-state index contributed by atoms with van der Waals surface area (Å²) in [4.78, 5) is 22.1. The van der Waals surface area contributed by atoms with E-state index in [1.165, 1.54) is 24.3 Å². The maximum absolute atomic E-state index is 12.1. The van der Waals surface area contributed by atoms with Crippen molar-refractivity contribution in [2.45, 2.75) is 31.2 Å². The number of amides is 2. The third-order valence-electron chi connectivity index (χ3n) is 2.61. The molecule has 0 fully saturated rings. The Kier molecular flexibility index (Phi) is 6.98. The maximum atomic E-state index is 12.1. The lowest BCUT2D eigenvalue weighted by molar-refractivity contribution is -0.121. The largest absolute Gasteiger partial charge is 0.484 e. The average molecular weight is 343 g/mol. The van der Waals surface area contributed by atoms with Crippen molar-refractivity contribution in [3.63, 3.8) is 0 Å². The molecule has 0 unspecified atom stereocenters. The SMILES string of the molecule is CC(C)NC(=O)CCNS(=O)(=O)c1ccc(OCC(N)=O)cc1. The number of nitrogens with two attached hydrogens (primary N) is 1. The molecule has 1 rings (SSSR count). The summed E-state index contributed by atoms with van der Waals surface area (Å²) in [5.74, 6) is -0.514. The fraction of sp³-hybridized carbons (Fsp3) is 0.429. The zero-order valence-electron chi connectivity index (χ0n) is 13.0. The highest BCUT2D eigenvalue weighted by molar-refractivity contribution is 7.89. The minimum atomic E-state index is -3.71. The normalized spacial score (nSPS) is 11.3. The Morgan fingerprint density at radius 2 is 1.83 bits per heavy atom. The van der Waals surface area contributed by atoms with Crippen LogP contribution in [0.5, 0.6) is 5.75 Å². The number of hydrogen-bond donors (Lipinski definition) is 3. The van der Waals surface area contributed by atoms with E-state index in [-0.39, 0.29) is 36.4 Å². The summed E-state index contributed by atoms with van der Waals surface area (Å²) in [5.41, 5.74) is 4.95. The third-order valence-corrected chi connectivity index (χ3v) is 4.09. The van der Waals surface area contributed by atoms with Crippen molar-refractivity contribution in [2.75, 3.05) is 13.2 Å². The molecule has 1 aromatic rings. The number of carbonyl (C=O) groups excluding carboxylic acids is 2. The molecule has 0 bridgehead atoms. The second-order valence-corrected chi connectivity index (χ2v) is 6.86. The summed E-state index contributed by atoms with van der Waals surface area (Å²) in [5, 5.41) is 2.67. The summed E-state index contributed by atoms with van der Waals surface area (Å²) in [6.07, 6.45) is 0.0528. The van der Waals surface area contributed by atoms with Crippen molar-refractivity contribution < 1.29 is 22.7 Å². The Labute approximate surface area is 135 Å². The Morgan fingerprint density at radius 1 is 1.22 bits per heavy atom. The molecular formula is C14H21N3O5S. The number of rotatable bonds is 9. The smallest absolute Gasteiger partial charge is 0.255 e. The van der Waals surface area contributed by atoms with E-state index in [1.54, 1.807) is 0 Å². The second kappa shape index (κ2) is 8.49. The molecule has 0 saturated heterocycles. The highest BCUT2D eigenvalue weighted by atomic mass is 32.2. The van der Waals surface area contributed by atoms with E-state index < -0.39 is 15.9 Å². The quantitative estimate of drug-likeness (QED) is 0.569. The molecule has 0 aliphatic rings. The van der Waals surface area contributed by atoms with Crippen LogP contribution in [0.2, 0.25) is 0 Å². The van der Waals surface area contributed by atoms with E-state index in [2.05, 4.69) is 10.0 Å². The second-order valence-electron chi connectivity index (χ2n) is 5.10. The van der Waals surface area contributed by atoms with Crippen LogP contribution in [0, 0.1) is 0 Å². The molecule has 0 heterocycles. The number of nitrogens with one attached hydrogen (secondary N) is 2. The van der Waals surface area contributed by atoms with Gasteiger partial charge < -0.3 is 15.8 Å². The zero-order chi connectivity index (χ0) is 17.5. The van der Waals surface area contributed by atoms with Crippen LogP contribution in [0.1, 0.15) is 20.3 Å². The first-order chi connectivity index (χ1) is 10.7. The monoisotopic (exact) mass is 343 g/mol. The van der Waals surface area contributed by atoms with E-state index in [4.69, 9.17) is 10.5 Å². The van der Waals surface area contributed by atoms with E-state index in [0.717, 1.165) is 0 Å². The third kappa shape index (κ3) is 7.11. The van der Waals surface area contributed by atoms with Crippen LogP contribution in [-0.4, -0.2) is 39.4 Å². The average Bonchev–Trinajstić information content (AvgIpc) is 2.44. The first-order valence-electron chi connectivity index (χ1n) is 7.01. The van der Waals surface area contributed by atoms with E-state index >= 15 is 0 Å². The standard InChI is InChI=1S/C14H21N3O5S/c1-10(2)17-14(19)7-8-16-23(20,21)12-5-3-11(4-6-12)22-9-13(15)18/h3-6,10,16H,7-9H2,1-2H3,(H2,15,18)(H,17,19). The fourth-order valence-corrected chi connectivity index (χ4v) is 2.68. The van der Waals surface area contributed by atoms with Gasteiger partial charge in [-0.1, -0.05) is 0 Å². The van der Waals surface area contributed by atoms with Gasteiger partial charge in [-0.15, -0.1) is 0 Å². The molecule has 0 saturated carbocycles. The van der Waals surface area contributed by atoms with Gasteiger partial charge in [0.1, 0.15) is 5.75 Å². The summed E-state index contributed by atoms with van der Waals surface area (Å²) in [6, 6.07) is 5.53. The van der Waals surface area contributed by atoms with E-state index in [0.29, 0.717) is 5.75 Å². The van der Waals surface area contributed by atoms with Gasteiger partial charge in [-0.05, 0) is 38.1 Å². The van der Waals surface area contributed by atoms with Crippen molar-refractivity contribution >= 4 is 21.8 Å².